The van der Waals surface area contributed by atoms with Crippen LogP contribution in [0.5, 0.6) is 0 Å². The smallest absolute Gasteiger partial charge is 0.231 e. The molecule has 0 aliphatic carbocycles. The van der Waals surface area contributed by atoms with Crippen LogP contribution in [0, 0.1) is 5.82 Å². The van der Waals surface area contributed by atoms with E-state index in [1.165, 1.54) is 18.2 Å². The SMILES string of the molecule is Fc1ccc(NC(=S)Nc2cc(-c3ccc(Br)cc3)no2)cc1Cl. The number of hydrogen-bond acceptors (Lipinski definition) is 3. The molecule has 8 heteroatoms. The fraction of sp³-hybridized carbons (Fsp3) is 0. The monoisotopic (exact) mass is 425 g/mol. The lowest BCUT2D eigenvalue weighted by atomic mass is 10.2. The lowest BCUT2D eigenvalue weighted by Crippen LogP contribution is -2.18. The summed E-state index contributed by atoms with van der Waals surface area (Å²) in [5.74, 6) is -0.103. The molecule has 0 bridgehead atoms. The lowest BCUT2D eigenvalue weighted by molar-refractivity contribution is 0.438. The highest BCUT2D eigenvalue weighted by molar-refractivity contribution is 9.10. The molecule has 0 amide bonds. The van der Waals surface area contributed by atoms with E-state index < -0.39 is 5.82 Å². The summed E-state index contributed by atoms with van der Waals surface area (Å²) in [5, 5.41) is 10.0. The lowest BCUT2D eigenvalue weighted by Gasteiger charge is -2.08. The zero-order valence-electron chi connectivity index (χ0n) is 12.0. The second-order valence-electron chi connectivity index (χ2n) is 4.79. The van der Waals surface area contributed by atoms with Crippen molar-refractivity contribution in [1.29, 1.82) is 0 Å². The Hall–Kier alpha value is -1.96. The van der Waals surface area contributed by atoms with Crippen molar-refractivity contribution >= 4 is 56.4 Å². The number of rotatable bonds is 3. The Bertz CT molecular complexity index is 885. The quantitative estimate of drug-likeness (QED) is 0.526. The van der Waals surface area contributed by atoms with Gasteiger partial charge in [0.25, 0.3) is 0 Å². The van der Waals surface area contributed by atoms with E-state index >= 15 is 0 Å². The summed E-state index contributed by atoms with van der Waals surface area (Å²) in [7, 11) is 0. The standard InChI is InChI=1S/C16H10BrClFN3OS/c17-10-3-1-9(2-4-10)14-8-15(23-22-14)21-16(24)20-11-5-6-13(19)12(18)7-11/h1-8H,(H2,20,21,24). The van der Waals surface area contributed by atoms with Crippen LogP contribution in [0.4, 0.5) is 16.0 Å². The van der Waals surface area contributed by atoms with Crippen LogP contribution in [0.25, 0.3) is 11.3 Å². The normalized spacial score (nSPS) is 10.5. The Kier molecular flexibility index (Phi) is 5.13. The Morgan fingerprint density at radius 1 is 1.12 bits per heavy atom. The van der Waals surface area contributed by atoms with Gasteiger partial charge in [-0.1, -0.05) is 44.8 Å². The number of benzene rings is 2. The molecule has 24 heavy (non-hydrogen) atoms. The Morgan fingerprint density at radius 3 is 2.58 bits per heavy atom. The molecule has 122 valence electrons. The number of thiocarbonyl (C=S) groups is 1. The summed E-state index contributed by atoms with van der Waals surface area (Å²) in [6.07, 6.45) is 0. The number of hydrogen-bond donors (Lipinski definition) is 2. The van der Waals surface area contributed by atoms with Gasteiger partial charge in [-0.2, -0.15) is 0 Å². The van der Waals surface area contributed by atoms with Crippen molar-refractivity contribution in [3.05, 3.63) is 63.8 Å². The van der Waals surface area contributed by atoms with Crippen molar-refractivity contribution < 1.29 is 8.91 Å². The number of nitrogens with one attached hydrogen (secondary N) is 2. The molecule has 2 aromatic carbocycles. The van der Waals surface area contributed by atoms with Gasteiger partial charge in [0.2, 0.25) is 5.88 Å². The van der Waals surface area contributed by atoms with Crippen LogP contribution in [0.3, 0.4) is 0 Å². The van der Waals surface area contributed by atoms with Gasteiger partial charge in [-0.15, -0.1) is 0 Å². The molecule has 0 fully saturated rings. The van der Waals surface area contributed by atoms with Gasteiger partial charge in [-0.3, -0.25) is 0 Å². The van der Waals surface area contributed by atoms with Crippen molar-refractivity contribution in [3.8, 4) is 11.3 Å². The van der Waals surface area contributed by atoms with Crippen LogP contribution in [0.1, 0.15) is 0 Å². The molecule has 3 aromatic rings. The van der Waals surface area contributed by atoms with Crippen LogP contribution in [-0.4, -0.2) is 10.3 Å². The van der Waals surface area contributed by atoms with Gasteiger partial charge in [0.15, 0.2) is 5.11 Å². The Morgan fingerprint density at radius 2 is 1.88 bits per heavy atom. The predicted molar refractivity (Wildman–Crippen MR) is 101 cm³/mol. The van der Waals surface area contributed by atoms with E-state index in [1.807, 2.05) is 24.3 Å². The molecular formula is C16H10BrClFN3OS. The molecule has 1 aromatic heterocycles. The van der Waals surface area contributed by atoms with Crippen LogP contribution < -0.4 is 10.6 Å². The van der Waals surface area contributed by atoms with E-state index in [2.05, 4.69) is 31.7 Å². The maximum Gasteiger partial charge on any atom is 0.231 e. The minimum atomic E-state index is -0.490. The first-order chi connectivity index (χ1) is 11.5. The fourth-order valence-corrected chi connectivity index (χ4v) is 2.60. The summed E-state index contributed by atoms with van der Waals surface area (Å²) < 4.78 is 19.3. The molecule has 0 spiro atoms. The Labute approximate surface area is 156 Å². The van der Waals surface area contributed by atoms with Gasteiger partial charge in [-0.05, 0) is 42.5 Å². The number of anilines is 2. The van der Waals surface area contributed by atoms with E-state index in [0.29, 0.717) is 17.3 Å². The molecule has 0 unspecified atom stereocenters. The van der Waals surface area contributed by atoms with Crippen molar-refractivity contribution in [3.63, 3.8) is 0 Å². The van der Waals surface area contributed by atoms with Gasteiger partial charge < -0.3 is 15.2 Å². The first-order valence-electron chi connectivity index (χ1n) is 6.77. The summed E-state index contributed by atoms with van der Waals surface area (Å²) in [5.41, 5.74) is 2.16. The first kappa shape index (κ1) is 16.9. The molecule has 2 N–H and O–H groups in total. The molecule has 0 atom stereocenters. The molecule has 1 heterocycles. The molecule has 0 saturated carbocycles. The van der Waals surface area contributed by atoms with Gasteiger partial charge in [0, 0.05) is 21.8 Å². The van der Waals surface area contributed by atoms with Gasteiger partial charge in [0.05, 0.1) is 5.02 Å². The minimum Gasteiger partial charge on any atom is -0.338 e. The molecule has 0 radical (unpaired) electrons. The second kappa shape index (κ2) is 7.29. The van der Waals surface area contributed by atoms with Gasteiger partial charge >= 0.3 is 0 Å². The van der Waals surface area contributed by atoms with Crippen molar-refractivity contribution in [1.82, 2.24) is 5.16 Å². The summed E-state index contributed by atoms with van der Waals surface area (Å²) in [4.78, 5) is 0. The molecular weight excluding hydrogens is 417 g/mol. The highest BCUT2D eigenvalue weighted by atomic mass is 79.9. The second-order valence-corrected chi connectivity index (χ2v) is 6.52. The third-order valence-corrected chi connectivity index (χ3v) is 4.09. The maximum absolute atomic E-state index is 13.1. The largest absolute Gasteiger partial charge is 0.338 e. The van der Waals surface area contributed by atoms with Crippen molar-refractivity contribution in [2.24, 2.45) is 0 Å². The zero-order chi connectivity index (χ0) is 17.1. The third kappa shape index (κ3) is 4.11. The number of aromatic nitrogens is 1. The highest BCUT2D eigenvalue weighted by Crippen LogP contribution is 2.24. The molecule has 4 nitrogen and oxygen atoms in total. The maximum atomic E-state index is 13.1. The van der Waals surface area contributed by atoms with E-state index in [-0.39, 0.29) is 10.1 Å². The highest BCUT2D eigenvalue weighted by Gasteiger charge is 2.09. The fourth-order valence-electron chi connectivity index (χ4n) is 1.94. The topological polar surface area (TPSA) is 50.1 Å². The summed E-state index contributed by atoms with van der Waals surface area (Å²) in [6, 6.07) is 13.6. The molecule has 0 aliphatic heterocycles. The third-order valence-electron chi connectivity index (χ3n) is 3.06. The van der Waals surface area contributed by atoms with Crippen LogP contribution >= 0.6 is 39.7 Å². The van der Waals surface area contributed by atoms with E-state index in [9.17, 15) is 4.39 Å². The van der Waals surface area contributed by atoms with Gasteiger partial charge in [-0.25, -0.2) is 4.39 Å². The van der Waals surface area contributed by atoms with E-state index in [1.54, 1.807) is 6.07 Å². The first-order valence-corrected chi connectivity index (χ1v) is 8.35. The molecule has 0 aliphatic rings. The molecule has 0 saturated heterocycles. The van der Waals surface area contributed by atoms with Crippen LogP contribution in [0.2, 0.25) is 5.02 Å². The number of nitrogens with zero attached hydrogens (tertiary/aromatic N) is 1. The van der Waals surface area contributed by atoms with Crippen LogP contribution in [0.15, 0.2) is 57.5 Å². The zero-order valence-corrected chi connectivity index (χ0v) is 15.2. The van der Waals surface area contributed by atoms with Crippen LogP contribution in [-0.2, 0) is 0 Å². The summed E-state index contributed by atoms with van der Waals surface area (Å²) >= 11 is 14.3. The van der Waals surface area contributed by atoms with Crippen molar-refractivity contribution in [2.45, 2.75) is 0 Å². The predicted octanol–water partition coefficient (Wildman–Crippen LogP) is 5.71. The van der Waals surface area contributed by atoms with Crippen molar-refractivity contribution in [2.75, 3.05) is 10.6 Å². The average Bonchev–Trinajstić information content (AvgIpc) is 3.00. The van der Waals surface area contributed by atoms with E-state index in [4.69, 9.17) is 28.3 Å². The average molecular weight is 427 g/mol. The molecule has 3 rings (SSSR count). The summed E-state index contributed by atoms with van der Waals surface area (Å²) in [6.45, 7) is 0. The van der Waals surface area contributed by atoms with Gasteiger partial charge in [0.1, 0.15) is 11.5 Å². The minimum absolute atomic E-state index is 0.0139. The Balaban J connectivity index is 1.66. The van der Waals surface area contributed by atoms with E-state index in [0.717, 1.165) is 10.0 Å². The number of halogens is 3.